The standard InChI is InChI=1S/C28H27Cl2N3O4/c1-3-15-36-23-12-9-21(10-13-23)18-31-33-28(35)25(16-20-7-5-4-6-8-20)32-27(34)19(2)37-26-14-11-22(29)17-24(26)30/h3-14,17-19,25H,1,15-16H2,2H3,(H,32,34)(H,33,35)/b31-18-/t19-,25+/m0/s1. The Morgan fingerprint density at radius 2 is 1.76 bits per heavy atom. The predicted octanol–water partition coefficient (Wildman–Crippen LogP) is 5.20. The fourth-order valence-electron chi connectivity index (χ4n) is 3.22. The van der Waals surface area contributed by atoms with Crippen LogP contribution in [0.15, 0.2) is 90.6 Å². The molecule has 0 aliphatic carbocycles. The Hall–Kier alpha value is -3.81. The molecule has 0 saturated carbocycles. The molecule has 0 bridgehead atoms. The molecule has 0 unspecified atom stereocenters. The van der Waals surface area contributed by atoms with E-state index in [-0.39, 0.29) is 11.4 Å². The van der Waals surface area contributed by atoms with Crippen LogP contribution in [0.25, 0.3) is 0 Å². The third-order valence-corrected chi connectivity index (χ3v) is 5.65. The summed E-state index contributed by atoms with van der Waals surface area (Å²) in [6.45, 7) is 5.59. The Morgan fingerprint density at radius 1 is 1.03 bits per heavy atom. The molecule has 192 valence electrons. The Kier molecular flexibility index (Phi) is 10.6. The van der Waals surface area contributed by atoms with Gasteiger partial charge in [-0.15, -0.1) is 0 Å². The fraction of sp³-hybridized carbons (Fsp3) is 0.179. The maximum Gasteiger partial charge on any atom is 0.262 e. The molecule has 7 nitrogen and oxygen atoms in total. The molecule has 3 aromatic rings. The quantitative estimate of drug-likeness (QED) is 0.188. The van der Waals surface area contributed by atoms with Crippen LogP contribution in [0.3, 0.4) is 0 Å². The molecule has 0 aliphatic rings. The van der Waals surface area contributed by atoms with Gasteiger partial charge in [0.1, 0.15) is 24.1 Å². The number of ether oxygens (including phenoxy) is 2. The lowest BCUT2D eigenvalue weighted by Gasteiger charge is -2.21. The smallest absolute Gasteiger partial charge is 0.262 e. The molecule has 0 saturated heterocycles. The normalized spacial score (nSPS) is 12.4. The van der Waals surface area contributed by atoms with Gasteiger partial charge in [-0.1, -0.05) is 66.2 Å². The Bertz CT molecular complexity index is 1230. The molecule has 0 aromatic heterocycles. The number of hydrazone groups is 1. The van der Waals surface area contributed by atoms with Crippen molar-refractivity contribution in [1.82, 2.24) is 10.7 Å². The second-order valence-electron chi connectivity index (χ2n) is 7.99. The van der Waals surface area contributed by atoms with Crippen molar-refractivity contribution in [3.8, 4) is 11.5 Å². The van der Waals surface area contributed by atoms with Crippen molar-refractivity contribution in [3.05, 3.63) is 107 Å². The third-order valence-electron chi connectivity index (χ3n) is 5.12. The van der Waals surface area contributed by atoms with Crippen LogP contribution in [0.2, 0.25) is 10.0 Å². The SMILES string of the molecule is C=CCOc1ccc(/C=N\NC(=O)[C@@H](Cc2ccccc2)NC(=O)[C@H](C)Oc2ccc(Cl)cc2Cl)cc1. The van der Waals surface area contributed by atoms with Crippen molar-refractivity contribution >= 4 is 41.2 Å². The minimum atomic E-state index is -0.921. The molecule has 2 N–H and O–H groups in total. The molecule has 3 rings (SSSR count). The summed E-state index contributed by atoms with van der Waals surface area (Å²) in [5.74, 6) is 0.0449. The van der Waals surface area contributed by atoms with E-state index in [1.165, 1.54) is 12.3 Å². The van der Waals surface area contributed by atoms with Gasteiger partial charge in [0.15, 0.2) is 6.10 Å². The molecule has 0 aliphatic heterocycles. The van der Waals surface area contributed by atoms with E-state index >= 15 is 0 Å². The number of halogens is 2. The molecule has 0 fully saturated rings. The molecule has 9 heteroatoms. The number of benzene rings is 3. The van der Waals surface area contributed by atoms with Crippen LogP contribution in [0.1, 0.15) is 18.1 Å². The highest BCUT2D eigenvalue weighted by Crippen LogP contribution is 2.28. The summed E-state index contributed by atoms with van der Waals surface area (Å²) in [5, 5.41) is 7.52. The number of carbonyl (C=O) groups is 2. The van der Waals surface area contributed by atoms with Gasteiger partial charge in [0.2, 0.25) is 0 Å². The average Bonchev–Trinajstić information content (AvgIpc) is 2.89. The van der Waals surface area contributed by atoms with E-state index in [0.717, 1.165) is 11.1 Å². The first-order valence-corrected chi connectivity index (χ1v) is 12.2. The fourth-order valence-corrected chi connectivity index (χ4v) is 3.67. The van der Waals surface area contributed by atoms with Crippen molar-refractivity contribution in [2.45, 2.75) is 25.5 Å². The van der Waals surface area contributed by atoms with Gasteiger partial charge < -0.3 is 14.8 Å². The van der Waals surface area contributed by atoms with Gasteiger partial charge in [-0.2, -0.15) is 5.10 Å². The van der Waals surface area contributed by atoms with Gasteiger partial charge in [-0.3, -0.25) is 9.59 Å². The monoisotopic (exact) mass is 539 g/mol. The summed E-state index contributed by atoms with van der Waals surface area (Å²) in [4.78, 5) is 25.9. The van der Waals surface area contributed by atoms with E-state index in [1.54, 1.807) is 49.4 Å². The van der Waals surface area contributed by atoms with E-state index in [0.29, 0.717) is 23.1 Å². The van der Waals surface area contributed by atoms with Crippen molar-refractivity contribution in [1.29, 1.82) is 0 Å². The van der Waals surface area contributed by atoms with Crippen LogP contribution < -0.4 is 20.2 Å². The summed E-state index contributed by atoms with van der Waals surface area (Å²) in [5.41, 5.74) is 4.14. The minimum Gasteiger partial charge on any atom is -0.490 e. The van der Waals surface area contributed by atoms with E-state index in [2.05, 4.69) is 22.4 Å². The average molecular weight is 540 g/mol. The molecule has 37 heavy (non-hydrogen) atoms. The number of amides is 2. The Morgan fingerprint density at radius 3 is 2.43 bits per heavy atom. The van der Waals surface area contributed by atoms with Crippen molar-refractivity contribution in [2.75, 3.05) is 6.61 Å². The maximum absolute atomic E-state index is 13.0. The maximum atomic E-state index is 13.0. The first kappa shape index (κ1) is 27.8. The van der Waals surface area contributed by atoms with Crippen LogP contribution >= 0.6 is 23.2 Å². The van der Waals surface area contributed by atoms with E-state index in [4.69, 9.17) is 32.7 Å². The zero-order chi connectivity index (χ0) is 26.6. The molecule has 0 radical (unpaired) electrons. The van der Waals surface area contributed by atoms with Gasteiger partial charge in [0.05, 0.1) is 11.2 Å². The van der Waals surface area contributed by atoms with Crippen LogP contribution in [0.5, 0.6) is 11.5 Å². The van der Waals surface area contributed by atoms with Gasteiger partial charge in [-0.25, -0.2) is 5.43 Å². The Labute approximate surface area is 226 Å². The molecule has 0 heterocycles. The van der Waals surface area contributed by atoms with E-state index in [9.17, 15) is 9.59 Å². The van der Waals surface area contributed by atoms with Crippen molar-refractivity contribution in [3.63, 3.8) is 0 Å². The van der Waals surface area contributed by atoms with Crippen LogP contribution in [-0.2, 0) is 16.0 Å². The summed E-state index contributed by atoms with van der Waals surface area (Å²) < 4.78 is 11.1. The molecular weight excluding hydrogens is 513 g/mol. The zero-order valence-corrected chi connectivity index (χ0v) is 21.7. The van der Waals surface area contributed by atoms with Gasteiger partial charge in [-0.05, 0) is 60.5 Å². The van der Waals surface area contributed by atoms with Gasteiger partial charge in [0.25, 0.3) is 11.8 Å². The highest BCUT2D eigenvalue weighted by Gasteiger charge is 2.25. The largest absolute Gasteiger partial charge is 0.490 e. The first-order chi connectivity index (χ1) is 17.9. The second-order valence-corrected chi connectivity index (χ2v) is 8.83. The van der Waals surface area contributed by atoms with E-state index < -0.39 is 24.0 Å². The predicted molar refractivity (Wildman–Crippen MR) is 146 cm³/mol. The highest BCUT2D eigenvalue weighted by molar-refractivity contribution is 6.35. The number of hydrogen-bond acceptors (Lipinski definition) is 5. The van der Waals surface area contributed by atoms with Crippen LogP contribution in [0.4, 0.5) is 0 Å². The molecule has 2 amide bonds. The number of nitrogens with one attached hydrogen (secondary N) is 2. The van der Waals surface area contributed by atoms with Gasteiger partial charge in [0, 0.05) is 11.4 Å². The number of rotatable bonds is 12. The number of carbonyl (C=O) groups excluding carboxylic acids is 2. The lowest BCUT2D eigenvalue weighted by atomic mass is 10.1. The van der Waals surface area contributed by atoms with Crippen LogP contribution in [0, 0.1) is 0 Å². The molecular formula is C28H27Cl2N3O4. The topological polar surface area (TPSA) is 89.0 Å². The summed E-state index contributed by atoms with van der Waals surface area (Å²) in [6, 6.07) is 20.4. The third kappa shape index (κ3) is 8.97. The highest BCUT2D eigenvalue weighted by atomic mass is 35.5. The number of nitrogens with zero attached hydrogens (tertiary/aromatic N) is 1. The zero-order valence-electron chi connectivity index (χ0n) is 20.2. The lowest BCUT2D eigenvalue weighted by molar-refractivity contribution is -0.132. The van der Waals surface area contributed by atoms with E-state index in [1.807, 2.05) is 30.3 Å². The first-order valence-electron chi connectivity index (χ1n) is 11.5. The number of hydrogen-bond donors (Lipinski definition) is 2. The summed E-state index contributed by atoms with van der Waals surface area (Å²) in [7, 11) is 0. The van der Waals surface area contributed by atoms with Gasteiger partial charge >= 0.3 is 0 Å². The Balaban J connectivity index is 1.65. The lowest BCUT2D eigenvalue weighted by Crippen LogP contribution is -2.50. The molecule has 3 aromatic carbocycles. The second kappa shape index (κ2) is 14.1. The summed E-state index contributed by atoms with van der Waals surface area (Å²) in [6.07, 6.45) is 2.51. The minimum absolute atomic E-state index is 0.262. The summed E-state index contributed by atoms with van der Waals surface area (Å²) >= 11 is 12.1. The molecule has 0 spiro atoms. The van der Waals surface area contributed by atoms with Crippen molar-refractivity contribution < 1.29 is 19.1 Å². The molecule has 2 atom stereocenters. The van der Waals surface area contributed by atoms with Crippen LogP contribution in [-0.4, -0.2) is 36.8 Å². The van der Waals surface area contributed by atoms with Crippen molar-refractivity contribution in [2.24, 2.45) is 5.10 Å².